The normalized spacial score (nSPS) is 12.0. The average molecular weight is 351 g/mol. The van der Waals surface area contributed by atoms with Crippen LogP contribution >= 0.6 is 0 Å². The Morgan fingerprint density at radius 3 is 2.28 bits per heavy atom. The molecule has 0 aliphatic carbocycles. The van der Waals surface area contributed by atoms with Crippen LogP contribution in [-0.4, -0.2) is 53.4 Å². The number of carbonyl (C=O) groups excluding carboxylic acids is 3. The van der Waals surface area contributed by atoms with E-state index < -0.39 is 12.0 Å². The van der Waals surface area contributed by atoms with Crippen LogP contribution in [0.3, 0.4) is 0 Å². The van der Waals surface area contributed by atoms with Gasteiger partial charge in [-0.25, -0.2) is 9.59 Å². The standard InChI is InChI=1S/C18H29N3O4/c1-8-9-21(18(24)19-10(2)3)13(6)16(22)14-11(4)15(17(23)25-7)20-12(14)5/h10,13,20H,8-9H2,1-7H3,(H,19,24). The Morgan fingerprint density at radius 1 is 1.20 bits per heavy atom. The van der Waals surface area contributed by atoms with Crippen molar-refractivity contribution in [1.82, 2.24) is 15.2 Å². The fourth-order valence-corrected chi connectivity index (χ4v) is 2.82. The number of aromatic nitrogens is 1. The van der Waals surface area contributed by atoms with Gasteiger partial charge in [0.15, 0.2) is 5.78 Å². The Labute approximate surface area is 149 Å². The van der Waals surface area contributed by atoms with Crippen molar-refractivity contribution >= 4 is 17.8 Å². The number of aryl methyl sites for hydroxylation is 1. The van der Waals surface area contributed by atoms with E-state index in [-0.39, 0.29) is 23.6 Å². The molecule has 1 aromatic rings. The topological polar surface area (TPSA) is 91.5 Å². The maximum Gasteiger partial charge on any atom is 0.354 e. The van der Waals surface area contributed by atoms with E-state index in [4.69, 9.17) is 4.74 Å². The van der Waals surface area contributed by atoms with Crippen LogP contribution in [0.1, 0.15) is 66.2 Å². The van der Waals surface area contributed by atoms with Crippen LogP contribution in [0.5, 0.6) is 0 Å². The molecular formula is C18H29N3O4. The van der Waals surface area contributed by atoms with Gasteiger partial charge in [0.2, 0.25) is 0 Å². The maximum atomic E-state index is 13.0. The zero-order chi connectivity index (χ0) is 19.3. The number of methoxy groups -OCH3 is 1. The lowest BCUT2D eigenvalue weighted by atomic mass is 10.00. The second kappa shape index (κ2) is 8.69. The monoisotopic (exact) mass is 351 g/mol. The second-order valence-electron chi connectivity index (χ2n) is 6.45. The van der Waals surface area contributed by atoms with Gasteiger partial charge in [0.05, 0.1) is 13.2 Å². The first kappa shape index (κ1) is 20.7. The highest BCUT2D eigenvalue weighted by molar-refractivity contribution is 6.06. The van der Waals surface area contributed by atoms with E-state index in [1.807, 2.05) is 20.8 Å². The number of Topliss-reactive ketones (excluding diaryl/α,β-unsaturated/α-hetero) is 1. The second-order valence-corrected chi connectivity index (χ2v) is 6.45. The van der Waals surface area contributed by atoms with E-state index >= 15 is 0 Å². The van der Waals surface area contributed by atoms with Crippen molar-refractivity contribution in [3.63, 3.8) is 0 Å². The smallest absolute Gasteiger partial charge is 0.354 e. The average Bonchev–Trinajstić information content (AvgIpc) is 2.84. The minimum atomic E-state index is -0.641. The fraction of sp³-hybridized carbons (Fsp3) is 0.611. The van der Waals surface area contributed by atoms with Crippen molar-refractivity contribution < 1.29 is 19.1 Å². The minimum absolute atomic E-state index is 0.0178. The van der Waals surface area contributed by atoms with Crippen LogP contribution in [-0.2, 0) is 4.74 Å². The molecule has 2 N–H and O–H groups in total. The third kappa shape index (κ3) is 4.61. The summed E-state index contributed by atoms with van der Waals surface area (Å²) in [5.74, 6) is -0.718. The van der Waals surface area contributed by atoms with Crippen LogP contribution in [0.25, 0.3) is 0 Å². The summed E-state index contributed by atoms with van der Waals surface area (Å²) in [6.45, 7) is 11.3. The van der Waals surface area contributed by atoms with E-state index in [1.54, 1.807) is 20.8 Å². The van der Waals surface area contributed by atoms with Gasteiger partial charge in [-0.05, 0) is 46.6 Å². The van der Waals surface area contributed by atoms with E-state index in [2.05, 4.69) is 10.3 Å². The number of amides is 2. The summed E-state index contributed by atoms with van der Waals surface area (Å²) >= 11 is 0. The Hall–Kier alpha value is -2.31. The summed E-state index contributed by atoms with van der Waals surface area (Å²) in [5.41, 5.74) is 1.84. The van der Waals surface area contributed by atoms with Gasteiger partial charge in [-0.1, -0.05) is 6.92 Å². The Morgan fingerprint density at radius 2 is 1.80 bits per heavy atom. The number of esters is 1. The van der Waals surface area contributed by atoms with Gasteiger partial charge in [0.1, 0.15) is 5.69 Å². The first-order chi connectivity index (χ1) is 11.6. The van der Waals surface area contributed by atoms with Crippen LogP contribution in [0.4, 0.5) is 4.79 Å². The van der Waals surface area contributed by atoms with Crippen molar-refractivity contribution in [3.8, 4) is 0 Å². The molecule has 7 heteroatoms. The molecule has 1 aromatic heterocycles. The van der Waals surface area contributed by atoms with E-state index in [0.29, 0.717) is 23.4 Å². The third-order valence-electron chi connectivity index (χ3n) is 4.06. The zero-order valence-corrected chi connectivity index (χ0v) is 16.1. The molecule has 0 saturated heterocycles. The number of ketones is 1. The zero-order valence-electron chi connectivity index (χ0n) is 16.1. The van der Waals surface area contributed by atoms with Gasteiger partial charge in [-0.2, -0.15) is 0 Å². The quantitative estimate of drug-likeness (QED) is 0.584. The van der Waals surface area contributed by atoms with Crippen LogP contribution in [0.15, 0.2) is 0 Å². The lowest BCUT2D eigenvalue weighted by Gasteiger charge is -2.29. The predicted molar refractivity (Wildman–Crippen MR) is 96.1 cm³/mol. The van der Waals surface area contributed by atoms with Crippen molar-refractivity contribution in [1.29, 1.82) is 0 Å². The number of ether oxygens (including phenoxy) is 1. The van der Waals surface area contributed by atoms with Crippen molar-refractivity contribution in [2.24, 2.45) is 0 Å². The molecule has 1 heterocycles. The molecule has 0 aliphatic rings. The summed E-state index contributed by atoms with van der Waals surface area (Å²) in [7, 11) is 1.29. The molecule has 25 heavy (non-hydrogen) atoms. The first-order valence-corrected chi connectivity index (χ1v) is 8.54. The van der Waals surface area contributed by atoms with Gasteiger partial charge in [0, 0.05) is 23.8 Å². The number of nitrogens with one attached hydrogen (secondary N) is 2. The van der Waals surface area contributed by atoms with Gasteiger partial charge < -0.3 is 19.9 Å². The number of carbonyl (C=O) groups is 3. The molecule has 0 spiro atoms. The predicted octanol–water partition coefficient (Wildman–Crippen LogP) is 2.82. The van der Waals surface area contributed by atoms with Gasteiger partial charge >= 0.3 is 12.0 Å². The van der Waals surface area contributed by atoms with Crippen LogP contribution in [0.2, 0.25) is 0 Å². The van der Waals surface area contributed by atoms with Gasteiger partial charge in [-0.15, -0.1) is 0 Å². The van der Waals surface area contributed by atoms with Gasteiger partial charge in [-0.3, -0.25) is 4.79 Å². The third-order valence-corrected chi connectivity index (χ3v) is 4.06. The highest BCUT2D eigenvalue weighted by Crippen LogP contribution is 2.22. The van der Waals surface area contributed by atoms with Crippen molar-refractivity contribution in [2.75, 3.05) is 13.7 Å². The van der Waals surface area contributed by atoms with E-state index in [1.165, 1.54) is 12.0 Å². The fourth-order valence-electron chi connectivity index (χ4n) is 2.82. The van der Waals surface area contributed by atoms with E-state index in [9.17, 15) is 14.4 Å². The van der Waals surface area contributed by atoms with Crippen LogP contribution in [0, 0.1) is 13.8 Å². The number of hydrogen-bond donors (Lipinski definition) is 2. The SMILES string of the molecule is CCCN(C(=O)NC(C)C)C(C)C(=O)c1c(C)[nH]c(C(=O)OC)c1C. The Bertz CT molecular complexity index is 649. The lowest BCUT2D eigenvalue weighted by molar-refractivity contribution is 0.0593. The largest absolute Gasteiger partial charge is 0.464 e. The number of hydrogen-bond acceptors (Lipinski definition) is 4. The summed E-state index contributed by atoms with van der Waals surface area (Å²) < 4.78 is 4.74. The molecule has 1 unspecified atom stereocenters. The Kier molecular flexibility index (Phi) is 7.21. The lowest BCUT2D eigenvalue weighted by Crippen LogP contribution is -2.50. The van der Waals surface area contributed by atoms with Crippen LogP contribution < -0.4 is 5.32 Å². The summed E-state index contributed by atoms with van der Waals surface area (Å²) in [4.78, 5) is 41.7. The molecule has 0 fully saturated rings. The summed E-state index contributed by atoms with van der Waals surface area (Å²) in [6.07, 6.45) is 0.738. The molecule has 0 saturated carbocycles. The minimum Gasteiger partial charge on any atom is -0.464 e. The number of rotatable bonds is 7. The molecule has 7 nitrogen and oxygen atoms in total. The van der Waals surface area contributed by atoms with E-state index in [0.717, 1.165) is 6.42 Å². The highest BCUT2D eigenvalue weighted by atomic mass is 16.5. The molecule has 0 radical (unpaired) electrons. The number of H-pyrrole nitrogens is 1. The molecule has 1 atom stereocenters. The van der Waals surface area contributed by atoms with Crippen molar-refractivity contribution in [3.05, 3.63) is 22.5 Å². The molecular weight excluding hydrogens is 322 g/mol. The number of aromatic amines is 1. The Balaban J connectivity index is 3.17. The molecule has 0 bridgehead atoms. The molecule has 0 aromatic carbocycles. The summed E-state index contributed by atoms with van der Waals surface area (Å²) in [6, 6.07) is -0.926. The first-order valence-electron chi connectivity index (χ1n) is 8.54. The maximum absolute atomic E-state index is 13.0. The molecule has 1 rings (SSSR count). The molecule has 140 valence electrons. The number of nitrogens with zero attached hydrogens (tertiary/aromatic N) is 1. The number of urea groups is 1. The van der Waals surface area contributed by atoms with Gasteiger partial charge in [0.25, 0.3) is 0 Å². The molecule has 2 amide bonds. The highest BCUT2D eigenvalue weighted by Gasteiger charge is 2.31. The van der Waals surface area contributed by atoms with Crippen molar-refractivity contribution in [2.45, 2.75) is 60.0 Å². The molecule has 0 aliphatic heterocycles. The summed E-state index contributed by atoms with van der Waals surface area (Å²) in [5, 5.41) is 2.83.